The van der Waals surface area contributed by atoms with Crippen LogP contribution in [0.3, 0.4) is 0 Å². The first-order valence-electron chi connectivity index (χ1n) is 4.06. The maximum atomic E-state index is 10.9. The van der Waals surface area contributed by atoms with Crippen LogP contribution in [0.25, 0.3) is 0 Å². The minimum Gasteiger partial charge on any atom is -0.468 e. The van der Waals surface area contributed by atoms with Crippen molar-refractivity contribution in [1.29, 1.82) is 0 Å². The van der Waals surface area contributed by atoms with Crippen LogP contribution in [0.4, 0.5) is 0 Å². The molecule has 0 unspecified atom stereocenters. The van der Waals surface area contributed by atoms with E-state index in [4.69, 9.17) is 0 Å². The van der Waals surface area contributed by atoms with Crippen LogP contribution in [0.1, 0.15) is 13.8 Å². The summed E-state index contributed by atoms with van der Waals surface area (Å²) in [7, 11) is 1.24. The van der Waals surface area contributed by atoms with Crippen molar-refractivity contribution in [3.8, 4) is 0 Å². The maximum Gasteiger partial charge on any atom is 0.327 e. The molecule has 5 nitrogen and oxygen atoms in total. The average Bonchev–Trinajstić information content (AvgIpc) is 2.10. The fourth-order valence-corrected chi connectivity index (χ4v) is 0.793. The summed E-state index contributed by atoms with van der Waals surface area (Å²) in [5.74, 6) is -1.93. The molecule has 0 aromatic heterocycles. The van der Waals surface area contributed by atoms with E-state index in [9.17, 15) is 14.4 Å². The van der Waals surface area contributed by atoms with Gasteiger partial charge in [0.1, 0.15) is 24.0 Å². The Kier molecular flexibility index (Phi) is 5.36. The minimum atomic E-state index is -0.848. The van der Waals surface area contributed by atoms with Gasteiger partial charge in [0, 0.05) is 6.21 Å². The van der Waals surface area contributed by atoms with E-state index in [2.05, 4.69) is 9.73 Å². The zero-order valence-corrected chi connectivity index (χ0v) is 8.44. The van der Waals surface area contributed by atoms with E-state index in [-0.39, 0.29) is 18.1 Å². The standard InChI is InChI=1S/C9H13NO4/c1-6(11)8(7(2)12)4-10-5-9(13)14-3/h4,8H,5H2,1-3H3. The first kappa shape index (κ1) is 12.5. The first-order valence-corrected chi connectivity index (χ1v) is 4.06. The predicted molar refractivity (Wildman–Crippen MR) is 50.2 cm³/mol. The summed E-state index contributed by atoms with van der Waals surface area (Å²) in [5.41, 5.74) is 0. The summed E-state index contributed by atoms with van der Waals surface area (Å²) in [6.07, 6.45) is 1.18. The zero-order chi connectivity index (χ0) is 11.1. The van der Waals surface area contributed by atoms with Gasteiger partial charge in [-0.25, -0.2) is 0 Å². The smallest absolute Gasteiger partial charge is 0.327 e. The van der Waals surface area contributed by atoms with Gasteiger partial charge in [0.25, 0.3) is 0 Å². The number of ether oxygens (including phenoxy) is 1. The van der Waals surface area contributed by atoms with Crippen LogP contribution in [0.15, 0.2) is 4.99 Å². The third-order valence-corrected chi connectivity index (χ3v) is 1.58. The molecule has 0 N–H and O–H groups in total. The van der Waals surface area contributed by atoms with Crippen LogP contribution in [-0.2, 0) is 19.1 Å². The van der Waals surface area contributed by atoms with Gasteiger partial charge in [0.05, 0.1) is 7.11 Å². The van der Waals surface area contributed by atoms with Gasteiger partial charge in [-0.2, -0.15) is 0 Å². The summed E-state index contributed by atoms with van der Waals surface area (Å²) >= 11 is 0. The van der Waals surface area contributed by atoms with Gasteiger partial charge in [-0.3, -0.25) is 19.4 Å². The number of Topliss-reactive ketones (excluding diaryl/α,β-unsaturated/α-hetero) is 2. The summed E-state index contributed by atoms with van der Waals surface area (Å²) in [6.45, 7) is 2.43. The minimum absolute atomic E-state index is 0.173. The molecule has 0 fully saturated rings. The van der Waals surface area contributed by atoms with Crippen molar-refractivity contribution in [2.75, 3.05) is 13.7 Å². The third-order valence-electron chi connectivity index (χ3n) is 1.58. The second-order valence-electron chi connectivity index (χ2n) is 2.76. The van der Waals surface area contributed by atoms with Gasteiger partial charge in [0.15, 0.2) is 0 Å². The third kappa shape index (κ3) is 4.49. The number of aliphatic imine (C=N–C) groups is 1. The van der Waals surface area contributed by atoms with Crippen molar-refractivity contribution >= 4 is 23.8 Å². The molecule has 0 heterocycles. The largest absolute Gasteiger partial charge is 0.468 e. The van der Waals surface area contributed by atoms with Crippen molar-refractivity contribution < 1.29 is 19.1 Å². The Morgan fingerprint density at radius 2 is 1.79 bits per heavy atom. The number of carbonyl (C=O) groups excluding carboxylic acids is 3. The lowest BCUT2D eigenvalue weighted by Gasteiger charge is -2.01. The lowest BCUT2D eigenvalue weighted by molar-refractivity contribution is -0.139. The molecule has 0 rings (SSSR count). The van der Waals surface area contributed by atoms with Crippen LogP contribution < -0.4 is 0 Å². The summed E-state index contributed by atoms with van der Waals surface area (Å²) in [5, 5.41) is 0. The molecule has 0 aliphatic heterocycles. The predicted octanol–water partition coefficient (Wildman–Crippen LogP) is 0.0244. The van der Waals surface area contributed by atoms with E-state index in [0.29, 0.717) is 0 Å². The highest BCUT2D eigenvalue weighted by molar-refractivity contribution is 6.12. The number of carbonyl (C=O) groups is 3. The van der Waals surface area contributed by atoms with Gasteiger partial charge in [-0.05, 0) is 13.8 Å². The van der Waals surface area contributed by atoms with E-state index in [1.165, 1.54) is 27.2 Å². The van der Waals surface area contributed by atoms with Crippen molar-refractivity contribution in [2.45, 2.75) is 13.8 Å². The normalized spacial score (nSPS) is 10.6. The van der Waals surface area contributed by atoms with Gasteiger partial charge >= 0.3 is 5.97 Å². The number of methoxy groups -OCH3 is 1. The van der Waals surface area contributed by atoms with Crippen LogP contribution in [0.5, 0.6) is 0 Å². The lowest BCUT2D eigenvalue weighted by atomic mass is 10.0. The Bertz CT molecular complexity index is 256. The number of nitrogens with zero attached hydrogens (tertiary/aromatic N) is 1. The maximum absolute atomic E-state index is 10.9. The summed E-state index contributed by atoms with van der Waals surface area (Å²) in [4.78, 5) is 36.1. The molecule has 0 atom stereocenters. The average molecular weight is 199 g/mol. The van der Waals surface area contributed by atoms with Gasteiger partial charge < -0.3 is 4.74 Å². The molecule has 0 bridgehead atoms. The number of ketones is 2. The van der Waals surface area contributed by atoms with Crippen LogP contribution >= 0.6 is 0 Å². The van der Waals surface area contributed by atoms with Gasteiger partial charge in [-0.1, -0.05) is 0 Å². The quantitative estimate of drug-likeness (QED) is 0.355. The molecule has 0 saturated carbocycles. The highest BCUT2D eigenvalue weighted by Crippen LogP contribution is 1.96. The number of hydrogen-bond donors (Lipinski definition) is 0. The van der Waals surface area contributed by atoms with E-state index < -0.39 is 11.9 Å². The second-order valence-corrected chi connectivity index (χ2v) is 2.76. The molecule has 0 aliphatic carbocycles. The highest BCUT2D eigenvalue weighted by atomic mass is 16.5. The molecule has 0 aromatic rings. The Hall–Kier alpha value is -1.52. The fraction of sp³-hybridized carbons (Fsp3) is 0.556. The molecule has 78 valence electrons. The molecular formula is C9H13NO4. The molecule has 5 heteroatoms. The molecule has 0 aliphatic rings. The highest BCUT2D eigenvalue weighted by Gasteiger charge is 2.16. The zero-order valence-electron chi connectivity index (χ0n) is 8.44. The van der Waals surface area contributed by atoms with Crippen LogP contribution in [-0.4, -0.2) is 37.4 Å². The number of hydrogen-bond acceptors (Lipinski definition) is 5. The molecule has 0 saturated heterocycles. The van der Waals surface area contributed by atoms with Crippen molar-refractivity contribution in [3.63, 3.8) is 0 Å². The van der Waals surface area contributed by atoms with E-state index in [0.717, 1.165) is 0 Å². The lowest BCUT2D eigenvalue weighted by Crippen LogP contribution is -2.21. The number of rotatable bonds is 5. The molecule has 0 aromatic carbocycles. The SMILES string of the molecule is COC(=O)CN=CC(C(C)=O)C(C)=O. The van der Waals surface area contributed by atoms with Crippen LogP contribution in [0.2, 0.25) is 0 Å². The number of esters is 1. The Labute approximate surface area is 82.2 Å². The first-order chi connectivity index (χ1) is 6.49. The Balaban J connectivity index is 4.24. The molecule has 0 amide bonds. The molecule has 14 heavy (non-hydrogen) atoms. The van der Waals surface area contributed by atoms with E-state index in [1.807, 2.05) is 0 Å². The van der Waals surface area contributed by atoms with Crippen molar-refractivity contribution in [1.82, 2.24) is 0 Å². The molecular weight excluding hydrogens is 186 g/mol. The second kappa shape index (κ2) is 6.01. The van der Waals surface area contributed by atoms with Gasteiger partial charge in [-0.15, -0.1) is 0 Å². The van der Waals surface area contributed by atoms with Crippen molar-refractivity contribution in [2.24, 2.45) is 10.9 Å². The summed E-state index contributed by atoms with van der Waals surface area (Å²) in [6, 6.07) is 0. The van der Waals surface area contributed by atoms with E-state index in [1.54, 1.807) is 0 Å². The Morgan fingerprint density at radius 3 is 2.14 bits per heavy atom. The topological polar surface area (TPSA) is 72.8 Å². The molecule has 0 radical (unpaired) electrons. The summed E-state index contributed by atoms with van der Waals surface area (Å²) < 4.78 is 4.33. The monoisotopic (exact) mass is 199 g/mol. The molecule has 0 spiro atoms. The Morgan fingerprint density at radius 1 is 1.29 bits per heavy atom. The van der Waals surface area contributed by atoms with E-state index >= 15 is 0 Å². The van der Waals surface area contributed by atoms with Crippen LogP contribution in [0, 0.1) is 5.92 Å². The van der Waals surface area contributed by atoms with Crippen molar-refractivity contribution in [3.05, 3.63) is 0 Å². The van der Waals surface area contributed by atoms with Gasteiger partial charge in [0.2, 0.25) is 0 Å². The fourth-order valence-electron chi connectivity index (χ4n) is 0.793.